The van der Waals surface area contributed by atoms with E-state index in [4.69, 9.17) is 6.42 Å². The number of hydrogen-bond acceptors (Lipinski definition) is 3. The number of aryl methyl sites for hydroxylation is 2. The van der Waals surface area contributed by atoms with Crippen LogP contribution in [0, 0.1) is 12.3 Å². The molecule has 70 valence electrons. The largest absolute Gasteiger partial charge is 0.299 e. The second kappa shape index (κ2) is 4.63. The summed E-state index contributed by atoms with van der Waals surface area (Å²) in [4.78, 5) is 4.32. The zero-order chi connectivity index (χ0) is 9.68. The van der Waals surface area contributed by atoms with Crippen molar-refractivity contribution < 1.29 is 0 Å². The standard InChI is InChI=1S/C9H14N4/c1-4-6-10-7-9-11-8(5-2)12-13(9)3/h1,10H,5-7H2,2-3H3. The minimum atomic E-state index is 0.564. The van der Waals surface area contributed by atoms with Crippen molar-refractivity contribution in [1.82, 2.24) is 20.1 Å². The third-order valence-electron chi connectivity index (χ3n) is 1.72. The van der Waals surface area contributed by atoms with Gasteiger partial charge in [0.05, 0.1) is 13.1 Å². The Morgan fingerprint density at radius 1 is 1.62 bits per heavy atom. The maximum absolute atomic E-state index is 5.11. The van der Waals surface area contributed by atoms with Gasteiger partial charge in [0.15, 0.2) is 5.82 Å². The Morgan fingerprint density at radius 2 is 2.38 bits per heavy atom. The molecule has 0 bridgehead atoms. The van der Waals surface area contributed by atoms with E-state index in [-0.39, 0.29) is 0 Å². The summed E-state index contributed by atoms with van der Waals surface area (Å²) in [5.74, 6) is 4.31. The smallest absolute Gasteiger partial charge is 0.150 e. The average Bonchev–Trinajstić information content (AvgIpc) is 2.48. The summed E-state index contributed by atoms with van der Waals surface area (Å²) < 4.78 is 1.78. The SMILES string of the molecule is C#CCNCc1nc(CC)nn1C. The van der Waals surface area contributed by atoms with Gasteiger partial charge in [0.2, 0.25) is 0 Å². The molecule has 4 heteroatoms. The van der Waals surface area contributed by atoms with Crippen molar-refractivity contribution in [2.45, 2.75) is 19.9 Å². The third-order valence-corrected chi connectivity index (χ3v) is 1.72. The molecule has 0 spiro atoms. The van der Waals surface area contributed by atoms with E-state index in [0.717, 1.165) is 18.1 Å². The third kappa shape index (κ3) is 2.56. The minimum absolute atomic E-state index is 0.564. The second-order valence-corrected chi connectivity index (χ2v) is 2.73. The van der Waals surface area contributed by atoms with E-state index in [9.17, 15) is 0 Å². The lowest BCUT2D eigenvalue weighted by Gasteiger charge is -1.98. The Balaban J connectivity index is 2.56. The Labute approximate surface area is 78.4 Å². The van der Waals surface area contributed by atoms with Crippen molar-refractivity contribution >= 4 is 0 Å². The van der Waals surface area contributed by atoms with Crippen LogP contribution in [0.4, 0.5) is 0 Å². The molecule has 1 aromatic rings. The summed E-state index contributed by atoms with van der Waals surface area (Å²) in [6.07, 6.45) is 5.97. The molecule has 0 aliphatic heterocycles. The van der Waals surface area contributed by atoms with Crippen molar-refractivity contribution in [1.29, 1.82) is 0 Å². The molecule has 0 aliphatic rings. The van der Waals surface area contributed by atoms with Crippen LogP contribution >= 0.6 is 0 Å². The number of nitrogens with one attached hydrogen (secondary N) is 1. The highest BCUT2D eigenvalue weighted by molar-refractivity contribution is 4.93. The van der Waals surface area contributed by atoms with E-state index in [1.165, 1.54) is 0 Å². The molecule has 0 amide bonds. The van der Waals surface area contributed by atoms with Crippen LogP contribution in [0.15, 0.2) is 0 Å². The maximum atomic E-state index is 5.11. The lowest BCUT2D eigenvalue weighted by atomic mass is 10.5. The first-order chi connectivity index (χ1) is 6.27. The van der Waals surface area contributed by atoms with Gasteiger partial charge < -0.3 is 0 Å². The van der Waals surface area contributed by atoms with Crippen molar-refractivity contribution in [2.75, 3.05) is 6.54 Å². The summed E-state index contributed by atoms with van der Waals surface area (Å²) >= 11 is 0. The van der Waals surface area contributed by atoms with Crippen LogP contribution in [-0.2, 0) is 20.0 Å². The summed E-state index contributed by atoms with van der Waals surface area (Å²) in [5.41, 5.74) is 0. The molecule has 4 nitrogen and oxygen atoms in total. The monoisotopic (exact) mass is 178 g/mol. The summed E-state index contributed by atoms with van der Waals surface area (Å²) in [6.45, 7) is 3.27. The lowest BCUT2D eigenvalue weighted by Crippen LogP contribution is -2.16. The number of hydrogen-bond donors (Lipinski definition) is 1. The minimum Gasteiger partial charge on any atom is -0.299 e. The molecule has 0 fully saturated rings. The van der Waals surface area contributed by atoms with Gasteiger partial charge in [-0.05, 0) is 0 Å². The molecule has 0 unspecified atom stereocenters. The summed E-state index contributed by atoms with van der Waals surface area (Å²) in [6, 6.07) is 0. The van der Waals surface area contributed by atoms with Crippen LogP contribution in [0.25, 0.3) is 0 Å². The quantitative estimate of drug-likeness (QED) is 0.525. The van der Waals surface area contributed by atoms with Crippen molar-refractivity contribution in [3.63, 3.8) is 0 Å². The predicted octanol–water partition coefficient (Wildman–Crippen LogP) is 0.100. The van der Waals surface area contributed by atoms with Crippen molar-refractivity contribution in [2.24, 2.45) is 7.05 Å². The van der Waals surface area contributed by atoms with Crippen LogP contribution in [-0.4, -0.2) is 21.3 Å². The normalized spacial score (nSPS) is 9.92. The Hall–Kier alpha value is -1.34. The fourth-order valence-electron chi connectivity index (χ4n) is 1.02. The lowest BCUT2D eigenvalue weighted by molar-refractivity contribution is 0.644. The van der Waals surface area contributed by atoms with Gasteiger partial charge in [0.1, 0.15) is 5.82 Å². The van der Waals surface area contributed by atoms with Gasteiger partial charge in [-0.1, -0.05) is 12.8 Å². The summed E-state index contributed by atoms with van der Waals surface area (Å²) in [5, 5.41) is 7.29. The molecule has 1 aromatic heterocycles. The van der Waals surface area contributed by atoms with Gasteiger partial charge in [-0.25, -0.2) is 4.98 Å². The zero-order valence-electron chi connectivity index (χ0n) is 8.04. The van der Waals surface area contributed by atoms with Crippen LogP contribution in [0.3, 0.4) is 0 Å². The highest BCUT2D eigenvalue weighted by Gasteiger charge is 2.03. The number of rotatable bonds is 4. The van der Waals surface area contributed by atoms with E-state index in [2.05, 4.69) is 21.3 Å². The molecule has 0 aromatic carbocycles. The molecular weight excluding hydrogens is 164 g/mol. The molecule has 1 heterocycles. The van der Waals surface area contributed by atoms with Crippen LogP contribution in [0.5, 0.6) is 0 Å². The van der Waals surface area contributed by atoms with E-state index in [0.29, 0.717) is 13.1 Å². The fourth-order valence-corrected chi connectivity index (χ4v) is 1.02. The highest BCUT2D eigenvalue weighted by Crippen LogP contribution is 1.96. The van der Waals surface area contributed by atoms with Crippen molar-refractivity contribution in [3.05, 3.63) is 11.6 Å². The molecule has 0 saturated carbocycles. The van der Waals surface area contributed by atoms with Gasteiger partial charge >= 0.3 is 0 Å². The van der Waals surface area contributed by atoms with Crippen molar-refractivity contribution in [3.8, 4) is 12.3 Å². The molecule has 0 aliphatic carbocycles. The first-order valence-corrected chi connectivity index (χ1v) is 4.31. The Kier molecular flexibility index (Phi) is 3.47. The molecule has 0 saturated heterocycles. The van der Waals surface area contributed by atoms with Gasteiger partial charge in [0.25, 0.3) is 0 Å². The molecule has 0 atom stereocenters. The Morgan fingerprint density at radius 3 is 2.92 bits per heavy atom. The molecule has 0 radical (unpaired) electrons. The highest BCUT2D eigenvalue weighted by atomic mass is 15.3. The molecular formula is C9H14N4. The molecule has 13 heavy (non-hydrogen) atoms. The molecule has 1 N–H and O–H groups in total. The predicted molar refractivity (Wildman–Crippen MR) is 50.9 cm³/mol. The fraction of sp³-hybridized carbons (Fsp3) is 0.556. The first kappa shape index (κ1) is 9.75. The van der Waals surface area contributed by atoms with Gasteiger partial charge in [-0.2, -0.15) is 5.10 Å². The van der Waals surface area contributed by atoms with Crippen LogP contribution in [0.1, 0.15) is 18.6 Å². The van der Waals surface area contributed by atoms with Crippen LogP contribution in [0.2, 0.25) is 0 Å². The van der Waals surface area contributed by atoms with Crippen LogP contribution < -0.4 is 5.32 Å². The average molecular weight is 178 g/mol. The first-order valence-electron chi connectivity index (χ1n) is 4.31. The van der Waals surface area contributed by atoms with E-state index in [1.807, 2.05) is 14.0 Å². The summed E-state index contributed by atoms with van der Waals surface area (Å²) in [7, 11) is 1.89. The number of terminal acetylenes is 1. The number of nitrogens with zero attached hydrogens (tertiary/aromatic N) is 3. The second-order valence-electron chi connectivity index (χ2n) is 2.73. The van der Waals surface area contributed by atoms with Gasteiger partial charge in [-0.15, -0.1) is 6.42 Å². The number of aromatic nitrogens is 3. The topological polar surface area (TPSA) is 42.7 Å². The van der Waals surface area contributed by atoms with E-state index >= 15 is 0 Å². The molecule has 1 rings (SSSR count). The zero-order valence-corrected chi connectivity index (χ0v) is 8.04. The maximum Gasteiger partial charge on any atom is 0.150 e. The van der Waals surface area contributed by atoms with E-state index < -0.39 is 0 Å². The Bertz CT molecular complexity index is 308. The van der Waals surface area contributed by atoms with E-state index in [1.54, 1.807) is 4.68 Å². The van der Waals surface area contributed by atoms with Gasteiger partial charge in [0, 0.05) is 13.5 Å². The van der Waals surface area contributed by atoms with Gasteiger partial charge in [-0.3, -0.25) is 10.00 Å².